The minimum absolute atomic E-state index is 0.0207. The first-order valence-electron chi connectivity index (χ1n) is 25.1. The largest absolute Gasteiger partial charge is 0.508 e. The Morgan fingerprint density at radius 2 is 1.41 bits per heavy atom. The Morgan fingerprint density at radius 1 is 0.803 bits per heavy atom. The maximum atomic E-state index is 14.7. The molecule has 422 valence electrons. The molecule has 25 nitrogen and oxygen atoms in total. The molecule has 2 aliphatic rings. The lowest BCUT2D eigenvalue weighted by Crippen LogP contribution is -2.62. The number of phenolic OH excluding ortho intramolecular Hbond substituents is 1. The van der Waals surface area contributed by atoms with Crippen LogP contribution in [0.3, 0.4) is 0 Å². The number of likely N-dealkylation sites (tertiary alicyclic amines) is 1. The highest BCUT2D eigenvalue weighted by atomic mass is 33.1. The number of carbonyl (C=O) groups excluding carboxylic acids is 12. The van der Waals surface area contributed by atoms with Crippen molar-refractivity contribution in [1.82, 2.24) is 42.1 Å². The van der Waals surface area contributed by atoms with E-state index in [1.54, 1.807) is 34.6 Å². The molecule has 2 heterocycles. The Kier molecular flexibility index (Phi) is 25.3. The lowest BCUT2D eigenvalue weighted by molar-refractivity contribution is -0.142. The van der Waals surface area contributed by atoms with E-state index in [0.717, 1.165) is 21.6 Å². The molecular weight excluding hydrogens is 1030 g/mol. The number of hydrogen-bond acceptors (Lipinski definition) is 16. The number of Topliss-reactive ketones (excluding diaryl/α,β-unsaturated/α-hetero) is 1. The summed E-state index contributed by atoms with van der Waals surface area (Å²) in [5.41, 5.74) is 15.7. The van der Waals surface area contributed by atoms with Crippen LogP contribution in [0, 0.1) is 11.8 Å². The Labute approximate surface area is 449 Å². The van der Waals surface area contributed by atoms with Gasteiger partial charge in [0.1, 0.15) is 53.6 Å². The van der Waals surface area contributed by atoms with Crippen LogP contribution < -0.4 is 54.4 Å². The first kappa shape index (κ1) is 63.7. The number of primary amides is 3. The highest BCUT2D eigenvalue weighted by Crippen LogP contribution is 2.27. The quantitative estimate of drug-likeness (QED) is 0.0755. The molecule has 2 saturated heterocycles. The lowest BCUT2D eigenvalue weighted by atomic mass is 9.96. The van der Waals surface area contributed by atoms with Crippen molar-refractivity contribution in [2.75, 3.05) is 18.1 Å². The summed E-state index contributed by atoms with van der Waals surface area (Å²) in [6.45, 7) is 11.8. The molecule has 14 N–H and O–H groups in total. The Bertz CT molecular complexity index is 2280. The van der Waals surface area contributed by atoms with Crippen molar-refractivity contribution in [2.24, 2.45) is 29.0 Å². The molecule has 0 saturated carbocycles. The van der Waals surface area contributed by atoms with Gasteiger partial charge in [-0.15, -0.1) is 0 Å². The van der Waals surface area contributed by atoms with Crippen LogP contribution in [0.2, 0.25) is 0 Å². The van der Waals surface area contributed by atoms with Gasteiger partial charge in [0.15, 0.2) is 5.78 Å². The highest BCUT2D eigenvalue weighted by molar-refractivity contribution is 8.76. The van der Waals surface area contributed by atoms with Gasteiger partial charge in [-0.1, -0.05) is 67.8 Å². The molecule has 0 spiro atoms. The zero-order valence-corrected chi connectivity index (χ0v) is 45.7. The maximum Gasteiger partial charge on any atom is 0.408 e. The van der Waals surface area contributed by atoms with Crippen LogP contribution >= 0.6 is 21.6 Å². The van der Waals surface area contributed by atoms with E-state index >= 15 is 0 Å². The molecule has 11 amide bonds. The zero-order chi connectivity index (χ0) is 57.0. The fourth-order valence-corrected chi connectivity index (χ4v) is 10.4. The highest BCUT2D eigenvalue weighted by Gasteiger charge is 2.41. The van der Waals surface area contributed by atoms with Gasteiger partial charge in [-0.3, -0.25) is 52.7 Å². The Balaban J connectivity index is 2.17. The molecule has 2 fully saturated rings. The van der Waals surface area contributed by atoms with Crippen molar-refractivity contribution >= 4 is 92.5 Å². The minimum Gasteiger partial charge on any atom is -0.508 e. The van der Waals surface area contributed by atoms with Gasteiger partial charge >= 0.3 is 6.09 Å². The number of benzene rings is 1. The smallest absolute Gasteiger partial charge is 0.408 e. The van der Waals surface area contributed by atoms with Gasteiger partial charge < -0.3 is 69.2 Å². The second-order valence-corrected chi connectivity index (χ2v) is 22.8. The summed E-state index contributed by atoms with van der Waals surface area (Å²) in [5.74, 6) is -10.8. The van der Waals surface area contributed by atoms with Gasteiger partial charge in [0.05, 0.1) is 12.5 Å². The van der Waals surface area contributed by atoms with Crippen LogP contribution in [0.5, 0.6) is 5.75 Å². The van der Waals surface area contributed by atoms with Crippen molar-refractivity contribution in [3.8, 4) is 5.75 Å². The molecule has 0 bridgehead atoms. The number of alkyl carbamates (subject to hydrolysis) is 1. The third-order valence-electron chi connectivity index (χ3n) is 12.2. The first-order valence-corrected chi connectivity index (χ1v) is 27.6. The molecule has 0 aliphatic carbocycles. The van der Waals surface area contributed by atoms with E-state index < -0.39 is 150 Å². The first-order chi connectivity index (χ1) is 35.6. The summed E-state index contributed by atoms with van der Waals surface area (Å²) < 4.78 is 5.45. The summed E-state index contributed by atoms with van der Waals surface area (Å²) in [6.07, 6.45) is -2.39. The summed E-state index contributed by atoms with van der Waals surface area (Å²) in [4.78, 5) is 164. The van der Waals surface area contributed by atoms with Crippen LogP contribution in [-0.2, 0) is 63.9 Å². The number of phenols is 1. The van der Waals surface area contributed by atoms with Crippen molar-refractivity contribution in [2.45, 2.75) is 167 Å². The van der Waals surface area contributed by atoms with E-state index in [2.05, 4.69) is 37.2 Å². The zero-order valence-electron chi connectivity index (χ0n) is 44.0. The molecule has 0 aromatic heterocycles. The van der Waals surface area contributed by atoms with Crippen molar-refractivity contribution in [1.29, 1.82) is 0 Å². The van der Waals surface area contributed by atoms with Crippen LogP contribution in [0.1, 0.15) is 112 Å². The molecule has 76 heavy (non-hydrogen) atoms. The molecule has 0 unspecified atom stereocenters. The summed E-state index contributed by atoms with van der Waals surface area (Å²) in [7, 11) is 1.90. The van der Waals surface area contributed by atoms with Crippen molar-refractivity contribution in [3.05, 3.63) is 29.8 Å². The molecule has 1 aromatic carbocycles. The van der Waals surface area contributed by atoms with E-state index in [-0.39, 0.29) is 61.8 Å². The normalized spacial score (nSPS) is 23.3. The lowest BCUT2D eigenvalue weighted by Gasteiger charge is -2.31. The van der Waals surface area contributed by atoms with Gasteiger partial charge in [0, 0.05) is 43.7 Å². The predicted octanol–water partition coefficient (Wildman–Crippen LogP) is -0.810. The van der Waals surface area contributed by atoms with E-state index in [1.807, 2.05) is 13.8 Å². The third kappa shape index (κ3) is 21.5. The SMILES string of the molecule is CC[C@H](C)[C@@H]1NC(=O)[C@H](Cc2ccc(O)cc2)NC(=O)[C@@H](NC(=O)OC(C)(C)C)CSSC[C@@H](C(=O)N2CCC[C@H]2C(=O)N[C@@H](CC(C)C)C(=O)CCC([13NH2])=O)NC(=O)[C@H](CC(N)=O)NC(=O)[C@H](CCC(N)=O)NC1=O. The number of rotatable bonds is 19. The number of nitrogens with zero attached hydrogens (tertiary/aromatic N) is 1. The van der Waals surface area contributed by atoms with Crippen LogP contribution in [-0.4, -0.2) is 153 Å². The number of amides is 11. The average Bonchev–Trinajstić information content (AvgIpc) is 3.83. The molecule has 3 rings (SSSR count). The summed E-state index contributed by atoms with van der Waals surface area (Å²) in [5, 5.41) is 28.1. The van der Waals surface area contributed by atoms with E-state index in [9.17, 15) is 62.6 Å². The van der Waals surface area contributed by atoms with E-state index in [1.165, 1.54) is 29.2 Å². The standard InChI is InChI=1S/C49H75N11O14S2/c1-8-26(4)40-46(71)53-29(15-17-37(50)63)41(66)56-32(22-39(52)65)42(67)57-34(47(72)60-19-9-10-35(60)45(70)54-30(20-25(2)3)36(62)16-18-38(51)64)24-76-75-23-33(58-48(73)74-49(5,6)7)44(69)55-31(43(68)59-40)21-27-11-13-28(61)14-12-27/h11-14,25-26,29-35,40,61H,8-10,15-24H2,1-7H3,(H2,50,63)(H2,51,64)(H2,52,65)(H,53,71)(H,54,70)(H,55,69)(H,56,66)(H,57,67)(H,58,73)(H,59,68)/t26-,29-,30-,31-,32-,33-,34-,35-,40-/m0/s1/i51-1. The van der Waals surface area contributed by atoms with Crippen molar-refractivity contribution < 1.29 is 67.4 Å². The van der Waals surface area contributed by atoms with Crippen molar-refractivity contribution in [3.63, 3.8) is 0 Å². The summed E-state index contributed by atoms with van der Waals surface area (Å²) in [6, 6.07) is -5.66. The number of hydrogen-bond donors (Lipinski definition) is 11. The molecular formula is C49H75N11O14S2. The van der Waals surface area contributed by atoms with Crippen LogP contribution in [0.4, 0.5) is 4.79 Å². The molecule has 27 heteroatoms. The number of carbonyl (C=O) groups is 12. The number of nitrogens with two attached hydrogens (primary N) is 3. The second-order valence-electron chi connectivity index (χ2n) is 20.2. The maximum absolute atomic E-state index is 14.7. The molecule has 9 atom stereocenters. The molecule has 0 radical (unpaired) electrons. The topological polar surface area (TPSA) is 400 Å². The van der Waals surface area contributed by atoms with E-state index in [4.69, 9.17) is 21.9 Å². The van der Waals surface area contributed by atoms with Gasteiger partial charge in [-0.05, 0) is 76.0 Å². The molecule has 1 aromatic rings. The number of aromatic hydroxyl groups is 1. The Morgan fingerprint density at radius 3 is 2.00 bits per heavy atom. The van der Waals surface area contributed by atoms with E-state index in [0.29, 0.717) is 18.4 Å². The summed E-state index contributed by atoms with van der Waals surface area (Å²) >= 11 is 0. The third-order valence-corrected chi connectivity index (χ3v) is 14.6. The minimum atomic E-state index is -1.80. The number of ether oxygens (including phenoxy) is 1. The number of nitrogens with one attached hydrogen (secondary N) is 7. The van der Waals surface area contributed by atoms with Gasteiger partial charge in [-0.2, -0.15) is 0 Å². The number of ketones is 1. The molecule has 2 aliphatic heterocycles. The predicted molar refractivity (Wildman–Crippen MR) is 281 cm³/mol. The second kappa shape index (κ2) is 30.2. The van der Waals surface area contributed by atoms with Crippen LogP contribution in [0.25, 0.3) is 0 Å². The fraction of sp³-hybridized carbons (Fsp3) is 0.633. The average molecular weight is 1110 g/mol. The van der Waals surface area contributed by atoms with Crippen LogP contribution in [0.15, 0.2) is 24.3 Å². The Hall–Kier alpha value is -6.64. The van der Waals surface area contributed by atoms with Gasteiger partial charge in [-0.25, -0.2) is 4.79 Å². The fourth-order valence-electron chi connectivity index (χ4n) is 8.05. The van der Waals surface area contributed by atoms with Gasteiger partial charge in [0.25, 0.3) is 0 Å². The van der Waals surface area contributed by atoms with Gasteiger partial charge in [0.2, 0.25) is 59.1 Å². The monoisotopic (exact) mass is 1100 g/mol.